The molecule has 0 unspecified atom stereocenters. The first-order valence-electron chi connectivity index (χ1n) is 4.54. The fraction of sp³-hybridized carbons (Fsp3) is 0.778. The smallest absolute Gasteiger partial charge is 0.150 e. The molecule has 1 aliphatic rings. The van der Waals surface area contributed by atoms with E-state index in [9.17, 15) is 13.5 Å². The topological polar surface area (TPSA) is 80.4 Å². The summed E-state index contributed by atoms with van der Waals surface area (Å²) in [5.74, 6) is 0. The molecule has 0 amide bonds. The molecular formula is C9H17NO3S. The molecule has 0 spiro atoms. The summed E-state index contributed by atoms with van der Waals surface area (Å²) >= 11 is 0. The largest absolute Gasteiger partial charge is 0.395 e. The summed E-state index contributed by atoms with van der Waals surface area (Å²) in [5.41, 5.74) is 5.75. The highest BCUT2D eigenvalue weighted by molar-refractivity contribution is 7.91. The average molecular weight is 219 g/mol. The molecular weight excluding hydrogens is 202 g/mol. The van der Waals surface area contributed by atoms with E-state index in [0.717, 1.165) is 5.57 Å². The lowest BCUT2D eigenvalue weighted by molar-refractivity contribution is 0.170. The summed E-state index contributed by atoms with van der Waals surface area (Å²) in [5, 5.41) is 8.81. The number of aliphatic hydroxyl groups excluding tert-OH is 1. The van der Waals surface area contributed by atoms with E-state index in [1.165, 1.54) is 6.26 Å². The summed E-state index contributed by atoms with van der Waals surface area (Å²) in [4.78, 5) is 0. The molecule has 0 aromatic rings. The lowest BCUT2D eigenvalue weighted by Gasteiger charge is -2.26. The maximum atomic E-state index is 11.3. The van der Waals surface area contributed by atoms with Gasteiger partial charge in [-0.3, -0.25) is 0 Å². The van der Waals surface area contributed by atoms with Crippen LogP contribution in [0, 0.1) is 5.41 Å². The van der Waals surface area contributed by atoms with E-state index in [2.05, 4.69) is 6.58 Å². The highest BCUT2D eigenvalue weighted by atomic mass is 32.2. The van der Waals surface area contributed by atoms with Crippen molar-refractivity contribution in [1.82, 2.24) is 0 Å². The zero-order chi connectivity index (χ0) is 11.0. The summed E-state index contributed by atoms with van der Waals surface area (Å²) in [6.07, 6.45) is 2.04. The quantitative estimate of drug-likeness (QED) is 0.638. The Morgan fingerprint density at radius 2 is 2.29 bits per heavy atom. The Labute approximate surface area is 84.7 Å². The fourth-order valence-corrected chi connectivity index (χ4v) is 3.04. The molecule has 0 saturated heterocycles. The van der Waals surface area contributed by atoms with Gasteiger partial charge in [-0.25, -0.2) is 8.42 Å². The lowest BCUT2D eigenvalue weighted by Crippen LogP contribution is -2.34. The Bertz CT molecular complexity index is 330. The van der Waals surface area contributed by atoms with Crippen molar-refractivity contribution < 1.29 is 13.5 Å². The zero-order valence-corrected chi connectivity index (χ0v) is 9.18. The van der Waals surface area contributed by atoms with Crippen molar-refractivity contribution in [2.24, 2.45) is 11.1 Å². The second-order valence-electron chi connectivity index (χ2n) is 4.11. The Hall–Kier alpha value is -0.390. The van der Waals surface area contributed by atoms with Crippen molar-refractivity contribution in [2.45, 2.75) is 18.1 Å². The first kappa shape index (κ1) is 11.7. The van der Waals surface area contributed by atoms with Gasteiger partial charge in [0.1, 0.15) is 0 Å². The van der Waals surface area contributed by atoms with E-state index in [-0.39, 0.29) is 13.2 Å². The third kappa shape index (κ3) is 1.85. The highest BCUT2D eigenvalue weighted by Crippen LogP contribution is 2.43. The van der Waals surface area contributed by atoms with Gasteiger partial charge in [0, 0.05) is 18.2 Å². The fourth-order valence-electron chi connectivity index (χ4n) is 1.91. The molecule has 1 saturated carbocycles. The van der Waals surface area contributed by atoms with Gasteiger partial charge in [0.15, 0.2) is 9.84 Å². The molecule has 1 rings (SSSR count). The second kappa shape index (κ2) is 3.64. The molecule has 0 radical (unpaired) electrons. The first-order valence-corrected chi connectivity index (χ1v) is 6.49. The van der Waals surface area contributed by atoms with Gasteiger partial charge < -0.3 is 10.8 Å². The van der Waals surface area contributed by atoms with Gasteiger partial charge in [-0.2, -0.15) is 0 Å². The molecule has 0 bridgehead atoms. The highest BCUT2D eigenvalue weighted by Gasteiger charge is 2.44. The van der Waals surface area contributed by atoms with E-state index in [4.69, 9.17) is 5.73 Å². The van der Waals surface area contributed by atoms with Gasteiger partial charge in [0.25, 0.3) is 0 Å². The van der Waals surface area contributed by atoms with Crippen LogP contribution in [0.5, 0.6) is 0 Å². The maximum absolute atomic E-state index is 11.3. The first-order chi connectivity index (χ1) is 6.35. The molecule has 0 aromatic heterocycles. The van der Waals surface area contributed by atoms with Crippen molar-refractivity contribution in [3.63, 3.8) is 0 Å². The minimum Gasteiger partial charge on any atom is -0.395 e. The minimum absolute atomic E-state index is 0.117. The lowest BCUT2D eigenvalue weighted by atomic mass is 9.84. The molecule has 0 heterocycles. The van der Waals surface area contributed by atoms with Crippen LogP contribution in [0.3, 0.4) is 0 Å². The average Bonchev–Trinajstić information content (AvgIpc) is 2.43. The van der Waals surface area contributed by atoms with Crippen LogP contribution in [-0.2, 0) is 9.84 Å². The number of rotatable bonds is 3. The van der Waals surface area contributed by atoms with Crippen molar-refractivity contribution in [3.8, 4) is 0 Å². The Kier molecular flexibility index (Phi) is 3.04. The summed E-state index contributed by atoms with van der Waals surface area (Å²) in [6.45, 7) is 3.95. The van der Waals surface area contributed by atoms with Crippen LogP contribution in [-0.4, -0.2) is 38.2 Å². The normalized spacial score (nSPS) is 33.6. The third-order valence-electron chi connectivity index (χ3n) is 3.14. The van der Waals surface area contributed by atoms with Crippen LogP contribution in [0.25, 0.3) is 0 Å². The molecule has 3 N–H and O–H groups in total. The van der Waals surface area contributed by atoms with Gasteiger partial charge in [0.05, 0.1) is 11.9 Å². The predicted molar refractivity (Wildman–Crippen MR) is 55.6 cm³/mol. The van der Waals surface area contributed by atoms with E-state index in [1.54, 1.807) is 0 Å². The Balaban J connectivity index is 2.94. The van der Waals surface area contributed by atoms with Gasteiger partial charge >= 0.3 is 0 Å². The van der Waals surface area contributed by atoms with Gasteiger partial charge in [-0.1, -0.05) is 12.2 Å². The number of hydrogen-bond donors (Lipinski definition) is 2. The van der Waals surface area contributed by atoms with Crippen molar-refractivity contribution in [3.05, 3.63) is 12.2 Å². The standard InChI is InChI=1S/C9H17NO3S/c1-7-3-8(14(2,12)13)4-9(7,5-10)6-11/h8,11H,1,3-6,10H2,2H3/t8-,9+/m1/s1. The molecule has 1 fully saturated rings. The summed E-state index contributed by atoms with van der Waals surface area (Å²) in [7, 11) is -3.05. The van der Waals surface area contributed by atoms with Crippen molar-refractivity contribution >= 4 is 9.84 Å². The van der Waals surface area contributed by atoms with E-state index < -0.39 is 20.5 Å². The molecule has 2 atom stereocenters. The van der Waals surface area contributed by atoms with Crippen molar-refractivity contribution in [1.29, 1.82) is 0 Å². The zero-order valence-electron chi connectivity index (χ0n) is 8.36. The van der Waals surface area contributed by atoms with Gasteiger partial charge in [-0.05, 0) is 12.8 Å². The molecule has 5 heteroatoms. The number of hydrogen-bond acceptors (Lipinski definition) is 4. The van der Waals surface area contributed by atoms with E-state index >= 15 is 0 Å². The Morgan fingerprint density at radius 3 is 2.50 bits per heavy atom. The predicted octanol–water partition coefficient (Wildman–Crippen LogP) is -0.313. The molecule has 14 heavy (non-hydrogen) atoms. The molecule has 1 aliphatic carbocycles. The summed E-state index contributed by atoms with van der Waals surface area (Å²) < 4.78 is 22.7. The van der Waals surface area contributed by atoms with Crippen LogP contribution < -0.4 is 5.73 Å². The maximum Gasteiger partial charge on any atom is 0.150 e. The van der Waals surface area contributed by atoms with Crippen LogP contribution >= 0.6 is 0 Å². The van der Waals surface area contributed by atoms with Gasteiger partial charge in [-0.15, -0.1) is 0 Å². The molecule has 0 aromatic carbocycles. The molecule has 4 nitrogen and oxygen atoms in total. The molecule has 82 valence electrons. The van der Waals surface area contributed by atoms with E-state index in [0.29, 0.717) is 12.8 Å². The monoisotopic (exact) mass is 219 g/mol. The van der Waals surface area contributed by atoms with Crippen LogP contribution in [0.15, 0.2) is 12.2 Å². The number of aliphatic hydroxyl groups is 1. The summed E-state index contributed by atoms with van der Waals surface area (Å²) in [6, 6.07) is 0. The van der Waals surface area contributed by atoms with E-state index in [1.807, 2.05) is 0 Å². The third-order valence-corrected chi connectivity index (χ3v) is 4.69. The Morgan fingerprint density at radius 1 is 1.71 bits per heavy atom. The van der Waals surface area contributed by atoms with Crippen LogP contribution in [0.1, 0.15) is 12.8 Å². The second-order valence-corrected chi connectivity index (χ2v) is 6.43. The number of nitrogens with two attached hydrogens (primary N) is 1. The molecule has 0 aliphatic heterocycles. The van der Waals surface area contributed by atoms with Crippen LogP contribution in [0.2, 0.25) is 0 Å². The minimum atomic E-state index is -3.05. The van der Waals surface area contributed by atoms with Crippen LogP contribution in [0.4, 0.5) is 0 Å². The van der Waals surface area contributed by atoms with Gasteiger partial charge in [0.2, 0.25) is 0 Å². The van der Waals surface area contributed by atoms with Crippen molar-refractivity contribution in [2.75, 3.05) is 19.4 Å². The number of sulfone groups is 1. The SMILES string of the molecule is C=C1C[C@@H](S(C)(=O)=O)C[C@]1(CN)CO.